The number of carboxylic acids is 1. The summed E-state index contributed by atoms with van der Waals surface area (Å²) < 4.78 is 2.03. The van der Waals surface area contributed by atoms with Crippen LogP contribution in [-0.4, -0.2) is 68.7 Å². The normalized spacial score (nSPS) is 22.5. The minimum atomic E-state index is -0.827. The summed E-state index contributed by atoms with van der Waals surface area (Å²) in [5.74, 6) is 0.0813. The maximum atomic E-state index is 10.7. The fraction of sp³-hybridized carbons (Fsp3) is 0.769. The quantitative estimate of drug-likeness (QED) is 0.805. The lowest BCUT2D eigenvalue weighted by Gasteiger charge is -2.37. The van der Waals surface area contributed by atoms with E-state index in [1.54, 1.807) is 0 Å². The highest BCUT2D eigenvalue weighted by Gasteiger charge is 2.32. The number of rotatable bonds is 5. The van der Waals surface area contributed by atoms with Gasteiger partial charge in [-0.3, -0.25) is 14.3 Å². The number of fused-ring (bicyclic) bond motifs is 1. The molecule has 0 aliphatic carbocycles. The lowest BCUT2D eigenvalue weighted by molar-refractivity contribution is -0.133. The van der Waals surface area contributed by atoms with Crippen molar-refractivity contribution < 1.29 is 9.90 Å². The van der Waals surface area contributed by atoms with Crippen LogP contribution in [0.5, 0.6) is 0 Å². The van der Waals surface area contributed by atoms with Crippen molar-refractivity contribution in [3.8, 4) is 0 Å². The summed E-state index contributed by atoms with van der Waals surface area (Å²) in [6.07, 6.45) is 2.55. The molecular formula is C13H21N5O2S. The smallest absolute Gasteiger partial charge is 0.313 e. The molecule has 3 heterocycles. The molecule has 0 spiro atoms. The van der Waals surface area contributed by atoms with Crippen LogP contribution in [0.3, 0.4) is 0 Å². The summed E-state index contributed by atoms with van der Waals surface area (Å²) in [6.45, 7) is 7.08. The van der Waals surface area contributed by atoms with Crippen LogP contribution >= 0.6 is 11.8 Å². The van der Waals surface area contributed by atoms with Crippen molar-refractivity contribution in [3.05, 3.63) is 0 Å². The summed E-state index contributed by atoms with van der Waals surface area (Å²) in [6, 6.07) is 0.635. The molecule has 0 bridgehead atoms. The van der Waals surface area contributed by atoms with E-state index in [-0.39, 0.29) is 5.75 Å². The van der Waals surface area contributed by atoms with E-state index >= 15 is 0 Å². The van der Waals surface area contributed by atoms with E-state index in [0.717, 1.165) is 32.1 Å². The Labute approximate surface area is 128 Å². The van der Waals surface area contributed by atoms with E-state index in [1.807, 2.05) is 11.5 Å². The van der Waals surface area contributed by atoms with Gasteiger partial charge in [0.05, 0.1) is 5.75 Å². The van der Waals surface area contributed by atoms with Crippen LogP contribution in [0.15, 0.2) is 5.16 Å². The molecule has 116 valence electrons. The van der Waals surface area contributed by atoms with Gasteiger partial charge < -0.3 is 10.0 Å². The lowest BCUT2D eigenvalue weighted by Crippen LogP contribution is -2.50. The summed E-state index contributed by atoms with van der Waals surface area (Å²) in [4.78, 5) is 15.6. The Kier molecular flexibility index (Phi) is 4.34. The standard InChI is InChI=1S/C13H21N5O2S/c1-2-18-12(14-15-13(18)21-9-11(19)20)17-7-6-16-5-3-4-10(16)8-17/h10H,2-9H2,1H3,(H,19,20). The number of anilines is 1. The first-order chi connectivity index (χ1) is 10.2. The van der Waals surface area contributed by atoms with Gasteiger partial charge in [-0.15, -0.1) is 10.2 Å². The minimum Gasteiger partial charge on any atom is -0.481 e. The van der Waals surface area contributed by atoms with Gasteiger partial charge in [-0.05, 0) is 26.3 Å². The van der Waals surface area contributed by atoms with Gasteiger partial charge >= 0.3 is 5.97 Å². The number of aliphatic carboxylic acids is 1. The van der Waals surface area contributed by atoms with Crippen molar-refractivity contribution in [2.75, 3.05) is 36.8 Å². The third kappa shape index (κ3) is 3.01. The van der Waals surface area contributed by atoms with Crippen molar-refractivity contribution in [1.82, 2.24) is 19.7 Å². The molecule has 21 heavy (non-hydrogen) atoms. The number of hydrogen-bond donors (Lipinski definition) is 1. The SMILES string of the molecule is CCn1c(SCC(=O)O)nnc1N1CCN2CCCC2C1. The first-order valence-corrected chi connectivity index (χ1v) is 8.44. The summed E-state index contributed by atoms with van der Waals surface area (Å²) in [5, 5.41) is 18.0. The van der Waals surface area contributed by atoms with Crippen molar-refractivity contribution in [2.45, 2.75) is 37.5 Å². The van der Waals surface area contributed by atoms with Crippen molar-refractivity contribution in [3.63, 3.8) is 0 Å². The Bertz CT molecular complexity index is 521. The molecule has 0 aromatic carbocycles. The van der Waals surface area contributed by atoms with Crippen LogP contribution in [-0.2, 0) is 11.3 Å². The van der Waals surface area contributed by atoms with Crippen molar-refractivity contribution in [2.24, 2.45) is 0 Å². The Morgan fingerprint density at radius 2 is 2.24 bits per heavy atom. The van der Waals surface area contributed by atoms with Gasteiger partial charge in [0.1, 0.15) is 0 Å². The van der Waals surface area contributed by atoms with Crippen LogP contribution in [0.1, 0.15) is 19.8 Å². The fourth-order valence-corrected chi connectivity index (χ4v) is 3.92. The Morgan fingerprint density at radius 3 is 3.00 bits per heavy atom. The minimum absolute atomic E-state index is 0.0224. The third-order valence-corrected chi connectivity index (χ3v) is 5.16. The van der Waals surface area contributed by atoms with E-state index in [4.69, 9.17) is 5.11 Å². The summed E-state index contributed by atoms with van der Waals surface area (Å²) in [7, 11) is 0. The van der Waals surface area contributed by atoms with Crippen molar-refractivity contribution >= 4 is 23.7 Å². The average Bonchev–Trinajstić information content (AvgIpc) is 3.10. The second-order valence-corrected chi connectivity index (χ2v) is 6.43. The molecule has 2 fully saturated rings. The fourth-order valence-electron chi connectivity index (χ4n) is 3.20. The molecule has 1 aromatic heterocycles. The van der Waals surface area contributed by atoms with Gasteiger partial charge in [0.25, 0.3) is 0 Å². The number of aromatic nitrogens is 3. The molecule has 0 radical (unpaired) electrons. The molecule has 7 nitrogen and oxygen atoms in total. The molecule has 2 aliphatic rings. The predicted molar refractivity (Wildman–Crippen MR) is 80.9 cm³/mol. The summed E-state index contributed by atoms with van der Waals surface area (Å²) in [5.41, 5.74) is 0. The third-order valence-electron chi connectivity index (χ3n) is 4.21. The second kappa shape index (κ2) is 6.23. The van der Waals surface area contributed by atoms with Gasteiger partial charge in [-0.2, -0.15) is 0 Å². The maximum absolute atomic E-state index is 10.7. The topological polar surface area (TPSA) is 74.5 Å². The molecule has 1 atom stereocenters. The predicted octanol–water partition coefficient (Wildman–Crippen LogP) is 0.759. The zero-order valence-electron chi connectivity index (χ0n) is 12.2. The van der Waals surface area contributed by atoms with Gasteiger partial charge in [-0.25, -0.2) is 0 Å². The van der Waals surface area contributed by atoms with Crippen LogP contribution in [0.2, 0.25) is 0 Å². The van der Waals surface area contributed by atoms with E-state index in [9.17, 15) is 4.79 Å². The number of carboxylic acid groups (broad SMARTS) is 1. The molecule has 2 saturated heterocycles. The molecule has 0 saturated carbocycles. The Balaban J connectivity index is 1.74. The average molecular weight is 311 g/mol. The van der Waals surface area contributed by atoms with Crippen LogP contribution in [0.4, 0.5) is 5.95 Å². The van der Waals surface area contributed by atoms with Crippen LogP contribution in [0.25, 0.3) is 0 Å². The molecular weight excluding hydrogens is 290 g/mol. The second-order valence-electron chi connectivity index (χ2n) is 5.49. The number of carbonyl (C=O) groups is 1. The molecule has 1 aromatic rings. The first-order valence-electron chi connectivity index (χ1n) is 7.46. The van der Waals surface area contributed by atoms with Crippen molar-refractivity contribution in [1.29, 1.82) is 0 Å². The Morgan fingerprint density at radius 1 is 1.38 bits per heavy atom. The zero-order valence-corrected chi connectivity index (χ0v) is 13.1. The van der Waals surface area contributed by atoms with E-state index in [1.165, 1.54) is 31.1 Å². The van der Waals surface area contributed by atoms with Crippen LogP contribution in [0, 0.1) is 0 Å². The van der Waals surface area contributed by atoms with Gasteiger partial charge in [-0.1, -0.05) is 11.8 Å². The van der Waals surface area contributed by atoms with Gasteiger partial charge in [0.15, 0.2) is 5.16 Å². The van der Waals surface area contributed by atoms with Crippen LogP contribution < -0.4 is 4.90 Å². The first kappa shape index (κ1) is 14.6. The number of piperazine rings is 1. The highest BCUT2D eigenvalue weighted by molar-refractivity contribution is 7.99. The lowest BCUT2D eigenvalue weighted by atomic mass is 10.2. The number of nitrogens with zero attached hydrogens (tertiary/aromatic N) is 5. The monoisotopic (exact) mass is 311 g/mol. The number of hydrogen-bond acceptors (Lipinski definition) is 6. The highest BCUT2D eigenvalue weighted by atomic mass is 32.2. The molecule has 8 heteroatoms. The van der Waals surface area contributed by atoms with E-state index in [2.05, 4.69) is 20.0 Å². The molecule has 3 rings (SSSR count). The highest BCUT2D eigenvalue weighted by Crippen LogP contribution is 2.27. The molecule has 1 N–H and O–H groups in total. The molecule has 2 aliphatic heterocycles. The largest absolute Gasteiger partial charge is 0.481 e. The molecule has 1 unspecified atom stereocenters. The summed E-state index contributed by atoms with van der Waals surface area (Å²) >= 11 is 1.24. The zero-order chi connectivity index (χ0) is 14.8. The van der Waals surface area contributed by atoms with E-state index < -0.39 is 5.97 Å². The van der Waals surface area contributed by atoms with Gasteiger partial charge in [0.2, 0.25) is 5.95 Å². The molecule has 0 amide bonds. The maximum Gasteiger partial charge on any atom is 0.313 e. The Hall–Kier alpha value is -1.28. The number of thioether (sulfide) groups is 1. The van der Waals surface area contributed by atoms with E-state index in [0.29, 0.717) is 11.2 Å². The van der Waals surface area contributed by atoms with Gasteiger partial charge in [0, 0.05) is 32.2 Å².